The number of amides is 7. The summed E-state index contributed by atoms with van der Waals surface area (Å²) in [5.41, 5.74) is 4.38. The zero-order valence-electron chi connectivity index (χ0n) is 24.4. The number of urea groups is 1. The molecule has 13 nitrogen and oxygen atoms in total. The molecule has 0 aromatic rings. The summed E-state index contributed by atoms with van der Waals surface area (Å²) < 4.78 is 0. The third kappa shape index (κ3) is 13.5. The normalized spacial score (nSPS) is 15.0. The molecule has 1 aliphatic heterocycles. The van der Waals surface area contributed by atoms with E-state index < -0.39 is 41.7 Å². The third-order valence-corrected chi connectivity index (χ3v) is 6.42. The van der Waals surface area contributed by atoms with E-state index in [1.165, 1.54) is 12.2 Å². The molecular weight excluding hydrogens is 531 g/mol. The molecule has 14 heteroatoms. The first-order valence-electron chi connectivity index (χ1n) is 14.0. The van der Waals surface area contributed by atoms with E-state index in [0.29, 0.717) is 32.1 Å². The monoisotopic (exact) mass is 574 g/mol. The second kappa shape index (κ2) is 17.9. The Balaban J connectivity index is 2.74. The van der Waals surface area contributed by atoms with Crippen LogP contribution < -0.4 is 27.0 Å². The number of hydrogen-bond acceptors (Lipinski definition) is 7. The van der Waals surface area contributed by atoms with Crippen LogP contribution in [0.1, 0.15) is 72.6 Å². The van der Waals surface area contributed by atoms with Crippen LogP contribution in [0.25, 0.3) is 0 Å². The van der Waals surface area contributed by atoms with Crippen molar-refractivity contribution in [2.45, 2.75) is 90.8 Å². The van der Waals surface area contributed by atoms with E-state index in [1.807, 2.05) is 13.8 Å². The summed E-state index contributed by atoms with van der Waals surface area (Å²) in [5.74, 6) is -2.47. The summed E-state index contributed by atoms with van der Waals surface area (Å²) in [4.78, 5) is 86.1. The largest absolute Gasteiger partial charge is 0.352 e. The second-order valence-electron chi connectivity index (χ2n) is 10.8. The van der Waals surface area contributed by atoms with Crippen LogP contribution in [0.5, 0.6) is 0 Å². The van der Waals surface area contributed by atoms with E-state index in [2.05, 4.69) is 21.3 Å². The van der Waals surface area contributed by atoms with Crippen LogP contribution in [-0.4, -0.2) is 85.2 Å². The zero-order chi connectivity index (χ0) is 31.1. The molecule has 6 N–H and O–H groups in total. The number of nitrogens with two attached hydrogens (primary N) is 1. The quantitative estimate of drug-likeness (QED) is 0.0798. The predicted molar refractivity (Wildman–Crippen MR) is 152 cm³/mol. The van der Waals surface area contributed by atoms with Crippen molar-refractivity contribution in [2.24, 2.45) is 17.6 Å². The molecule has 0 aromatic carbocycles. The van der Waals surface area contributed by atoms with Crippen molar-refractivity contribution in [1.82, 2.24) is 26.2 Å². The molecule has 3 atom stereocenters. The van der Waals surface area contributed by atoms with E-state index in [4.69, 9.17) is 13.6 Å². The molecular formula is C27H43BN6O7. The highest BCUT2D eigenvalue weighted by Gasteiger charge is 2.30. The summed E-state index contributed by atoms with van der Waals surface area (Å²) in [7, 11) is 5.45. The molecule has 0 saturated heterocycles. The van der Waals surface area contributed by atoms with Gasteiger partial charge in [-0.2, -0.15) is 0 Å². The van der Waals surface area contributed by atoms with Crippen LogP contribution >= 0.6 is 0 Å². The first kappa shape index (κ1) is 35.3. The Labute approximate surface area is 242 Å². The lowest BCUT2D eigenvalue weighted by Gasteiger charge is -2.27. The van der Waals surface area contributed by atoms with Crippen LogP contribution in [0.4, 0.5) is 4.79 Å². The van der Waals surface area contributed by atoms with E-state index in [-0.39, 0.29) is 55.5 Å². The van der Waals surface area contributed by atoms with Gasteiger partial charge >= 0.3 is 6.03 Å². The fraction of sp³-hybridized carbons (Fsp3) is 0.667. The molecule has 0 aliphatic carbocycles. The number of carbonyl (C=O) groups is 7. The maximum absolute atomic E-state index is 13.2. The highest BCUT2D eigenvalue weighted by atomic mass is 16.2. The van der Waals surface area contributed by atoms with Crippen LogP contribution in [0.2, 0.25) is 0 Å². The lowest BCUT2D eigenvalue weighted by atomic mass is 9.89. The Morgan fingerprint density at radius 2 is 1.46 bits per heavy atom. The van der Waals surface area contributed by atoms with E-state index in [1.54, 1.807) is 13.8 Å². The summed E-state index contributed by atoms with van der Waals surface area (Å²) >= 11 is 0. The summed E-state index contributed by atoms with van der Waals surface area (Å²) in [5, 5.41) is 10.4. The van der Waals surface area contributed by atoms with Crippen LogP contribution in [0.15, 0.2) is 12.2 Å². The second-order valence-corrected chi connectivity index (χ2v) is 10.8. The Morgan fingerprint density at radius 3 is 2.00 bits per heavy atom. The van der Waals surface area contributed by atoms with Gasteiger partial charge in [0.05, 0.1) is 11.7 Å². The standard InChI is InChI=1S/C27H43BN6O7/c1-16(2)15-19(24(28)38)32-25(39)18(9-8-13-30-27(29)41)31-26(40)23(17(3)4)33-20(35)10-6-5-7-14-34-21(36)11-12-22(34)37/h11-12,16-19,23H,5-10,13-15H2,1-4H3,(H,31,40)(H,32,39)(H,33,35)(H3,29,30,41)/t18-,19-,23?/m0/s1. The number of nitrogens with one attached hydrogen (secondary N) is 4. The van der Waals surface area contributed by atoms with Gasteiger partial charge in [0.1, 0.15) is 12.1 Å². The lowest BCUT2D eigenvalue weighted by Crippen LogP contribution is -2.57. The molecule has 41 heavy (non-hydrogen) atoms. The van der Waals surface area contributed by atoms with E-state index >= 15 is 0 Å². The highest BCUT2D eigenvalue weighted by molar-refractivity contribution is 6.59. The number of primary amides is 1. The summed E-state index contributed by atoms with van der Waals surface area (Å²) in [6, 6.07) is -3.65. The molecule has 0 bridgehead atoms. The SMILES string of the molecule is [B]C(=O)[C@H](CC(C)C)NC(=O)[C@H](CCCNC(N)=O)NC(=O)C(NC(=O)CCCCCN1C(=O)C=CC1=O)C(C)C. The van der Waals surface area contributed by atoms with Gasteiger partial charge in [-0.1, -0.05) is 34.1 Å². The van der Waals surface area contributed by atoms with Crippen molar-refractivity contribution in [1.29, 1.82) is 0 Å². The Morgan fingerprint density at radius 1 is 0.854 bits per heavy atom. The topological polar surface area (TPSA) is 197 Å². The van der Waals surface area contributed by atoms with Gasteiger partial charge in [0.2, 0.25) is 17.7 Å². The number of carbonyl (C=O) groups excluding carboxylic acids is 7. The lowest BCUT2D eigenvalue weighted by molar-refractivity contribution is -0.137. The van der Waals surface area contributed by atoms with Gasteiger partial charge in [0.15, 0.2) is 7.85 Å². The van der Waals surface area contributed by atoms with Crippen molar-refractivity contribution in [3.05, 3.63) is 12.2 Å². The molecule has 0 aromatic heterocycles. The van der Waals surface area contributed by atoms with Crippen molar-refractivity contribution in [3.8, 4) is 0 Å². The smallest absolute Gasteiger partial charge is 0.312 e. The maximum atomic E-state index is 13.2. The van der Waals surface area contributed by atoms with Gasteiger partial charge in [-0.25, -0.2) is 4.79 Å². The Kier molecular flexibility index (Phi) is 15.4. The molecule has 2 radical (unpaired) electrons. The minimum Gasteiger partial charge on any atom is -0.352 e. The van der Waals surface area contributed by atoms with Gasteiger partial charge in [0.25, 0.3) is 11.8 Å². The Bertz CT molecular complexity index is 983. The number of imide groups is 1. The fourth-order valence-electron chi connectivity index (χ4n) is 4.20. The minimum absolute atomic E-state index is 0.0725. The fourth-order valence-corrected chi connectivity index (χ4v) is 4.20. The molecule has 0 saturated carbocycles. The van der Waals surface area contributed by atoms with Crippen molar-refractivity contribution >= 4 is 49.1 Å². The van der Waals surface area contributed by atoms with Crippen LogP contribution in [-0.2, 0) is 28.8 Å². The maximum Gasteiger partial charge on any atom is 0.312 e. The molecule has 1 aliphatic rings. The summed E-state index contributed by atoms with van der Waals surface area (Å²) in [6.07, 6.45) is 4.96. The molecule has 1 unspecified atom stereocenters. The molecule has 226 valence electrons. The van der Waals surface area contributed by atoms with E-state index in [0.717, 1.165) is 4.90 Å². The molecule has 0 spiro atoms. The number of rotatable bonds is 19. The number of unbranched alkanes of at least 4 members (excludes halogenated alkanes) is 2. The molecule has 1 rings (SSSR count). The van der Waals surface area contributed by atoms with Crippen molar-refractivity contribution < 1.29 is 33.6 Å². The molecule has 1 heterocycles. The predicted octanol–water partition coefficient (Wildman–Crippen LogP) is -0.228. The van der Waals surface area contributed by atoms with E-state index in [9.17, 15) is 33.6 Å². The van der Waals surface area contributed by atoms with Crippen molar-refractivity contribution in [2.75, 3.05) is 13.1 Å². The van der Waals surface area contributed by atoms with Crippen molar-refractivity contribution in [3.63, 3.8) is 0 Å². The van der Waals surface area contributed by atoms with Crippen LogP contribution in [0.3, 0.4) is 0 Å². The van der Waals surface area contributed by atoms with Crippen LogP contribution in [0, 0.1) is 11.8 Å². The van der Waals surface area contributed by atoms with Gasteiger partial charge in [-0.15, -0.1) is 0 Å². The van der Waals surface area contributed by atoms with Gasteiger partial charge in [0, 0.05) is 31.7 Å². The van der Waals surface area contributed by atoms with Gasteiger partial charge in [-0.05, 0) is 43.9 Å². The van der Waals surface area contributed by atoms with Gasteiger partial charge in [-0.3, -0.25) is 28.9 Å². The minimum atomic E-state index is -1.06. The zero-order valence-corrected chi connectivity index (χ0v) is 24.4. The third-order valence-electron chi connectivity index (χ3n) is 6.42. The average molecular weight is 574 g/mol. The first-order chi connectivity index (χ1) is 19.2. The molecule has 0 fully saturated rings. The Hall–Kier alpha value is -3.71. The number of hydrogen-bond donors (Lipinski definition) is 5. The first-order valence-corrected chi connectivity index (χ1v) is 14.0. The highest BCUT2D eigenvalue weighted by Crippen LogP contribution is 2.10. The average Bonchev–Trinajstić information content (AvgIpc) is 3.19. The van der Waals surface area contributed by atoms with Gasteiger partial charge < -0.3 is 31.8 Å². The molecule has 7 amide bonds. The summed E-state index contributed by atoms with van der Waals surface area (Å²) in [6.45, 7) is 7.69. The number of nitrogens with zero attached hydrogens (tertiary/aromatic N) is 1.